The van der Waals surface area contributed by atoms with E-state index in [0.717, 1.165) is 44.2 Å². The van der Waals surface area contributed by atoms with Crippen LogP contribution in [-0.4, -0.2) is 46.5 Å². The Hall–Kier alpha value is -1.26. The smallest absolute Gasteiger partial charge is 0.142 e. The highest BCUT2D eigenvalue weighted by atomic mass is 16.5. The first-order valence-electron chi connectivity index (χ1n) is 7.41. The van der Waals surface area contributed by atoms with E-state index < -0.39 is 0 Å². The molecule has 112 valence electrons. The maximum absolute atomic E-state index is 5.64. The van der Waals surface area contributed by atoms with E-state index in [0.29, 0.717) is 12.0 Å². The number of nitrogens with one attached hydrogen (secondary N) is 1. The maximum Gasteiger partial charge on any atom is 0.142 e. The van der Waals surface area contributed by atoms with Crippen LogP contribution in [0.4, 0.5) is 5.69 Å². The van der Waals surface area contributed by atoms with Crippen molar-refractivity contribution in [1.29, 1.82) is 0 Å². The zero-order valence-corrected chi connectivity index (χ0v) is 12.8. The van der Waals surface area contributed by atoms with Crippen molar-refractivity contribution in [3.8, 4) is 5.75 Å². The zero-order valence-electron chi connectivity index (χ0n) is 12.8. The van der Waals surface area contributed by atoms with Gasteiger partial charge in [0.05, 0.1) is 26.0 Å². The van der Waals surface area contributed by atoms with Crippen LogP contribution in [0.5, 0.6) is 5.75 Å². The van der Waals surface area contributed by atoms with Gasteiger partial charge < -0.3 is 19.7 Å². The van der Waals surface area contributed by atoms with E-state index in [9.17, 15) is 0 Å². The highest BCUT2D eigenvalue weighted by Gasteiger charge is 2.29. The van der Waals surface area contributed by atoms with Crippen molar-refractivity contribution in [2.24, 2.45) is 5.92 Å². The van der Waals surface area contributed by atoms with Crippen LogP contribution >= 0.6 is 0 Å². The maximum atomic E-state index is 5.64. The van der Waals surface area contributed by atoms with Crippen LogP contribution in [0.15, 0.2) is 24.3 Å². The molecule has 2 unspecified atom stereocenters. The third-order valence-corrected chi connectivity index (χ3v) is 3.86. The van der Waals surface area contributed by atoms with E-state index in [-0.39, 0.29) is 0 Å². The van der Waals surface area contributed by atoms with Gasteiger partial charge in [-0.25, -0.2) is 0 Å². The predicted octanol–water partition coefficient (Wildman–Crippen LogP) is 2.15. The minimum atomic E-state index is 0.465. The molecule has 0 bridgehead atoms. The minimum absolute atomic E-state index is 0.465. The third kappa shape index (κ3) is 3.64. The molecule has 0 spiro atoms. The summed E-state index contributed by atoms with van der Waals surface area (Å²) in [5.41, 5.74) is 1.14. The lowest BCUT2D eigenvalue weighted by molar-refractivity contribution is 0.183. The zero-order chi connectivity index (χ0) is 14.4. The Bertz CT molecular complexity index is 411. The van der Waals surface area contributed by atoms with E-state index in [1.54, 1.807) is 7.11 Å². The highest BCUT2D eigenvalue weighted by Crippen LogP contribution is 2.28. The summed E-state index contributed by atoms with van der Waals surface area (Å²) in [5.74, 6) is 1.45. The van der Waals surface area contributed by atoms with Crippen LogP contribution in [0, 0.1) is 5.92 Å². The van der Waals surface area contributed by atoms with Crippen LogP contribution in [0.1, 0.15) is 13.3 Å². The molecule has 1 aromatic carbocycles. The molecule has 2 atom stereocenters. The van der Waals surface area contributed by atoms with E-state index in [4.69, 9.17) is 9.47 Å². The quantitative estimate of drug-likeness (QED) is 0.828. The van der Waals surface area contributed by atoms with Crippen molar-refractivity contribution in [2.75, 3.05) is 45.4 Å². The number of ether oxygens (including phenoxy) is 2. The largest absolute Gasteiger partial charge is 0.495 e. The molecular weight excluding hydrogens is 252 g/mol. The molecule has 20 heavy (non-hydrogen) atoms. The molecule has 1 N–H and O–H groups in total. The third-order valence-electron chi connectivity index (χ3n) is 3.86. The molecule has 1 heterocycles. The van der Waals surface area contributed by atoms with Gasteiger partial charge in [0.1, 0.15) is 5.75 Å². The highest BCUT2D eigenvalue weighted by molar-refractivity contribution is 5.57. The summed E-state index contributed by atoms with van der Waals surface area (Å²) in [4.78, 5) is 2.26. The standard InChI is InChI=1S/C16H26N2O2/c1-4-9-17-14-12-20-11-13(14)10-18(2)15-7-5-6-8-16(15)19-3/h5-8,13-14,17H,4,9-12H2,1-3H3. The average molecular weight is 278 g/mol. The summed E-state index contributed by atoms with van der Waals surface area (Å²) in [6.45, 7) is 5.88. The SMILES string of the molecule is CCCNC1COCC1CN(C)c1ccccc1OC. The fraction of sp³-hybridized carbons (Fsp3) is 0.625. The molecule has 1 fully saturated rings. The molecule has 1 saturated heterocycles. The number of hydrogen-bond acceptors (Lipinski definition) is 4. The molecule has 2 rings (SSSR count). The van der Waals surface area contributed by atoms with Gasteiger partial charge in [-0.15, -0.1) is 0 Å². The number of rotatable bonds is 7. The summed E-state index contributed by atoms with van der Waals surface area (Å²) >= 11 is 0. The Labute approximate surface area is 122 Å². The van der Waals surface area contributed by atoms with Crippen LogP contribution in [0.25, 0.3) is 0 Å². The lowest BCUT2D eigenvalue weighted by Crippen LogP contribution is -2.41. The summed E-state index contributed by atoms with van der Waals surface area (Å²) < 4.78 is 11.1. The van der Waals surface area contributed by atoms with Crippen molar-refractivity contribution in [3.63, 3.8) is 0 Å². The fourth-order valence-corrected chi connectivity index (χ4v) is 2.73. The van der Waals surface area contributed by atoms with Crippen molar-refractivity contribution in [2.45, 2.75) is 19.4 Å². The number of nitrogens with zero attached hydrogens (tertiary/aromatic N) is 1. The molecule has 1 aliphatic heterocycles. The van der Waals surface area contributed by atoms with E-state index in [2.05, 4.69) is 30.3 Å². The molecular formula is C16H26N2O2. The first-order valence-corrected chi connectivity index (χ1v) is 7.41. The van der Waals surface area contributed by atoms with Gasteiger partial charge in [-0.05, 0) is 25.1 Å². The van der Waals surface area contributed by atoms with Gasteiger partial charge in [0.2, 0.25) is 0 Å². The number of para-hydroxylation sites is 2. The lowest BCUT2D eigenvalue weighted by atomic mass is 10.0. The average Bonchev–Trinajstić information content (AvgIpc) is 2.92. The first-order chi connectivity index (χ1) is 9.76. The van der Waals surface area contributed by atoms with Crippen molar-refractivity contribution >= 4 is 5.69 Å². The molecule has 1 aromatic rings. The topological polar surface area (TPSA) is 33.7 Å². The number of benzene rings is 1. The second-order valence-corrected chi connectivity index (χ2v) is 5.41. The summed E-state index contributed by atoms with van der Waals surface area (Å²) in [5, 5.41) is 3.58. The van der Waals surface area contributed by atoms with Gasteiger partial charge in [0.15, 0.2) is 0 Å². The molecule has 0 saturated carbocycles. The second kappa shape index (κ2) is 7.50. The molecule has 1 aliphatic rings. The summed E-state index contributed by atoms with van der Waals surface area (Å²) in [6.07, 6.45) is 1.16. The predicted molar refractivity (Wildman–Crippen MR) is 82.7 cm³/mol. The monoisotopic (exact) mass is 278 g/mol. The van der Waals surface area contributed by atoms with Gasteiger partial charge in [0, 0.05) is 25.6 Å². The van der Waals surface area contributed by atoms with Crippen molar-refractivity contribution < 1.29 is 9.47 Å². The molecule has 0 aromatic heterocycles. The summed E-state index contributed by atoms with van der Waals surface area (Å²) in [7, 11) is 3.84. The van der Waals surface area contributed by atoms with Gasteiger partial charge in [-0.3, -0.25) is 0 Å². The molecule has 0 amide bonds. The molecule has 0 aliphatic carbocycles. The molecule has 4 heteroatoms. The van der Waals surface area contributed by atoms with Crippen LogP contribution in [0.2, 0.25) is 0 Å². The number of methoxy groups -OCH3 is 1. The Morgan fingerprint density at radius 2 is 2.15 bits per heavy atom. The normalized spacial score (nSPS) is 21.9. The lowest BCUT2D eigenvalue weighted by Gasteiger charge is -2.27. The number of hydrogen-bond donors (Lipinski definition) is 1. The van der Waals surface area contributed by atoms with Gasteiger partial charge in [0.25, 0.3) is 0 Å². The Balaban J connectivity index is 1.97. The van der Waals surface area contributed by atoms with Crippen LogP contribution in [-0.2, 0) is 4.74 Å². The van der Waals surface area contributed by atoms with Gasteiger partial charge in [-0.1, -0.05) is 19.1 Å². The van der Waals surface area contributed by atoms with Gasteiger partial charge >= 0.3 is 0 Å². The first kappa shape index (κ1) is 15.1. The van der Waals surface area contributed by atoms with Crippen LogP contribution < -0.4 is 15.0 Å². The van der Waals surface area contributed by atoms with E-state index in [1.807, 2.05) is 18.2 Å². The number of anilines is 1. The molecule has 4 nitrogen and oxygen atoms in total. The second-order valence-electron chi connectivity index (χ2n) is 5.41. The summed E-state index contributed by atoms with van der Waals surface area (Å²) in [6, 6.07) is 8.62. The Morgan fingerprint density at radius 3 is 2.90 bits per heavy atom. The van der Waals surface area contributed by atoms with Crippen molar-refractivity contribution in [1.82, 2.24) is 5.32 Å². The molecule has 0 radical (unpaired) electrons. The van der Waals surface area contributed by atoms with E-state index in [1.165, 1.54) is 0 Å². The van der Waals surface area contributed by atoms with Crippen LogP contribution in [0.3, 0.4) is 0 Å². The minimum Gasteiger partial charge on any atom is -0.495 e. The fourth-order valence-electron chi connectivity index (χ4n) is 2.73. The van der Waals surface area contributed by atoms with Crippen molar-refractivity contribution in [3.05, 3.63) is 24.3 Å². The Morgan fingerprint density at radius 1 is 1.35 bits per heavy atom. The Kier molecular flexibility index (Phi) is 5.68. The van der Waals surface area contributed by atoms with Gasteiger partial charge in [-0.2, -0.15) is 0 Å². The van der Waals surface area contributed by atoms with E-state index >= 15 is 0 Å².